The van der Waals surface area contributed by atoms with E-state index in [0.29, 0.717) is 5.88 Å². The van der Waals surface area contributed by atoms with Crippen LogP contribution in [0, 0.1) is 0 Å². The molecule has 78 valence electrons. The van der Waals surface area contributed by atoms with Gasteiger partial charge in [0.2, 0.25) is 0 Å². The average Bonchev–Trinajstić information content (AvgIpc) is 2.02. The van der Waals surface area contributed by atoms with Crippen molar-refractivity contribution < 1.29 is 4.74 Å². The van der Waals surface area contributed by atoms with Gasteiger partial charge in [-0.1, -0.05) is 6.92 Å². The summed E-state index contributed by atoms with van der Waals surface area (Å²) in [6, 6.07) is 0. The molecule has 1 aliphatic rings. The van der Waals surface area contributed by atoms with E-state index in [-0.39, 0.29) is 11.7 Å². The van der Waals surface area contributed by atoms with Crippen molar-refractivity contribution in [1.82, 2.24) is 4.90 Å². The standard InChI is InChI=1S/C10H20ClNO/c1-4-5-12-7-9(6-11)13-10(2,3)8-12/h9H,4-8H2,1-3H3. The zero-order valence-corrected chi connectivity index (χ0v) is 9.60. The number of rotatable bonds is 3. The smallest absolute Gasteiger partial charge is 0.0844 e. The van der Waals surface area contributed by atoms with E-state index in [9.17, 15) is 0 Å². The van der Waals surface area contributed by atoms with Gasteiger partial charge in [0.15, 0.2) is 0 Å². The molecule has 0 aromatic carbocycles. The van der Waals surface area contributed by atoms with Crippen molar-refractivity contribution in [2.75, 3.05) is 25.5 Å². The molecule has 2 nitrogen and oxygen atoms in total. The van der Waals surface area contributed by atoms with Crippen molar-refractivity contribution in [3.8, 4) is 0 Å². The first-order valence-electron chi connectivity index (χ1n) is 5.03. The number of hydrogen-bond donors (Lipinski definition) is 0. The molecular weight excluding hydrogens is 186 g/mol. The molecular formula is C10H20ClNO. The van der Waals surface area contributed by atoms with Gasteiger partial charge in [-0.2, -0.15) is 0 Å². The van der Waals surface area contributed by atoms with Gasteiger partial charge in [0, 0.05) is 19.0 Å². The Labute approximate surface area is 86.2 Å². The second-order valence-corrected chi connectivity index (χ2v) is 4.70. The summed E-state index contributed by atoms with van der Waals surface area (Å²) in [5.74, 6) is 0.601. The third kappa shape index (κ3) is 3.45. The second-order valence-electron chi connectivity index (χ2n) is 4.39. The summed E-state index contributed by atoms with van der Waals surface area (Å²) in [6.45, 7) is 9.64. The molecule has 0 radical (unpaired) electrons. The maximum atomic E-state index is 5.83. The first-order chi connectivity index (χ1) is 6.07. The van der Waals surface area contributed by atoms with Crippen LogP contribution >= 0.6 is 11.6 Å². The van der Waals surface area contributed by atoms with E-state index in [0.717, 1.165) is 19.6 Å². The molecule has 0 aromatic rings. The number of ether oxygens (including phenoxy) is 1. The van der Waals surface area contributed by atoms with Crippen molar-refractivity contribution in [3.63, 3.8) is 0 Å². The largest absolute Gasteiger partial charge is 0.368 e. The lowest BCUT2D eigenvalue weighted by Gasteiger charge is -2.42. The molecule has 0 amide bonds. The predicted molar refractivity (Wildman–Crippen MR) is 56.4 cm³/mol. The monoisotopic (exact) mass is 205 g/mol. The molecule has 0 spiro atoms. The molecule has 0 aliphatic carbocycles. The van der Waals surface area contributed by atoms with Gasteiger partial charge in [-0.15, -0.1) is 11.6 Å². The Balaban J connectivity index is 2.49. The number of morpholine rings is 1. The van der Waals surface area contributed by atoms with Crippen LogP contribution in [0.25, 0.3) is 0 Å². The SMILES string of the molecule is CCCN1CC(CCl)OC(C)(C)C1. The summed E-state index contributed by atoms with van der Waals surface area (Å²) >= 11 is 5.82. The second kappa shape index (κ2) is 4.63. The highest BCUT2D eigenvalue weighted by Crippen LogP contribution is 2.21. The van der Waals surface area contributed by atoms with E-state index in [1.54, 1.807) is 0 Å². The van der Waals surface area contributed by atoms with Crippen LogP contribution in [0.1, 0.15) is 27.2 Å². The van der Waals surface area contributed by atoms with Gasteiger partial charge in [0.25, 0.3) is 0 Å². The first-order valence-corrected chi connectivity index (χ1v) is 5.57. The van der Waals surface area contributed by atoms with Crippen LogP contribution < -0.4 is 0 Å². The molecule has 1 aliphatic heterocycles. The Kier molecular flexibility index (Phi) is 4.02. The molecule has 1 heterocycles. The lowest BCUT2D eigenvalue weighted by molar-refractivity contribution is -0.127. The molecule has 0 N–H and O–H groups in total. The molecule has 0 aromatic heterocycles. The Morgan fingerprint density at radius 1 is 1.54 bits per heavy atom. The highest BCUT2D eigenvalue weighted by atomic mass is 35.5. The van der Waals surface area contributed by atoms with Crippen LogP contribution in [0.15, 0.2) is 0 Å². The number of halogens is 1. The van der Waals surface area contributed by atoms with Gasteiger partial charge >= 0.3 is 0 Å². The van der Waals surface area contributed by atoms with E-state index in [1.165, 1.54) is 6.42 Å². The number of hydrogen-bond acceptors (Lipinski definition) is 2. The van der Waals surface area contributed by atoms with Crippen LogP contribution in [0.3, 0.4) is 0 Å². The quantitative estimate of drug-likeness (QED) is 0.655. The van der Waals surface area contributed by atoms with Gasteiger partial charge in [0.05, 0.1) is 11.7 Å². The Hall–Kier alpha value is 0.210. The highest BCUT2D eigenvalue weighted by Gasteiger charge is 2.32. The zero-order valence-electron chi connectivity index (χ0n) is 8.85. The Bertz CT molecular complexity index is 161. The third-order valence-corrected chi connectivity index (χ3v) is 2.61. The van der Waals surface area contributed by atoms with Gasteiger partial charge in [-0.05, 0) is 26.8 Å². The van der Waals surface area contributed by atoms with Crippen molar-refractivity contribution in [2.45, 2.75) is 38.9 Å². The van der Waals surface area contributed by atoms with Crippen molar-refractivity contribution in [3.05, 3.63) is 0 Å². The fourth-order valence-corrected chi connectivity index (χ4v) is 2.14. The summed E-state index contributed by atoms with van der Waals surface area (Å²) in [4.78, 5) is 2.44. The zero-order chi connectivity index (χ0) is 9.90. The van der Waals surface area contributed by atoms with Gasteiger partial charge in [-0.3, -0.25) is 4.90 Å². The summed E-state index contributed by atoms with van der Waals surface area (Å²) in [6.07, 6.45) is 1.41. The minimum absolute atomic E-state index is 0.0347. The molecule has 1 rings (SSSR count). The minimum atomic E-state index is -0.0347. The van der Waals surface area contributed by atoms with E-state index >= 15 is 0 Å². The Morgan fingerprint density at radius 2 is 2.23 bits per heavy atom. The molecule has 1 unspecified atom stereocenters. The number of alkyl halides is 1. The van der Waals surface area contributed by atoms with Crippen molar-refractivity contribution >= 4 is 11.6 Å². The lowest BCUT2D eigenvalue weighted by Crippen LogP contribution is -2.53. The maximum absolute atomic E-state index is 5.83. The molecule has 1 fully saturated rings. The average molecular weight is 206 g/mol. The van der Waals surface area contributed by atoms with Gasteiger partial charge < -0.3 is 4.74 Å². The maximum Gasteiger partial charge on any atom is 0.0844 e. The normalized spacial score (nSPS) is 29.1. The third-order valence-electron chi connectivity index (χ3n) is 2.26. The van der Waals surface area contributed by atoms with E-state index < -0.39 is 0 Å². The molecule has 0 bridgehead atoms. The molecule has 3 heteroatoms. The summed E-state index contributed by atoms with van der Waals surface area (Å²) in [7, 11) is 0. The Morgan fingerprint density at radius 3 is 2.77 bits per heavy atom. The number of nitrogens with zero attached hydrogens (tertiary/aromatic N) is 1. The van der Waals surface area contributed by atoms with E-state index in [1.807, 2.05) is 0 Å². The lowest BCUT2D eigenvalue weighted by atomic mass is 10.1. The molecule has 1 atom stereocenters. The minimum Gasteiger partial charge on any atom is -0.368 e. The van der Waals surface area contributed by atoms with Gasteiger partial charge in [-0.25, -0.2) is 0 Å². The van der Waals surface area contributed by atoms with E-state index in [4.69, 9.17) is 16.3 Å². The molecule has 13 heavy (non-hydrogen) atoms. The van der Waals surface area contributed by atoms with Crippen molar-refractivity contribution in [1.29, 1.82) is 0 Å². The molecule has 0 saturated carbocycles. The van der Waals surface area contributed by atoms with Crippen LogP contribution in [-0.2, 0) is 4.74 Å². The first kappa shape index (κ1) is 11.3. The van der Waals surface area contributed by atoms with Crippen LogP contribution in [0.5, 0.6) is 0 Å². The predicted octanol–water partition coefficient (Wildman–Crippen LogP) is 2.11. The summed E-state index contributed by atoms with van der Waals surface area (Å²) < 4.78 is 5.83. The van der Waals surface area contributed by atoms with Gasteiger partial charge in [0.1, 0.15) is 0 Å². The van der Waals surface area contributed by atoms with Crippen molar-refractivity contribution in [2.24, 2.45) is 0 Å². The van der Waals surface area contributed by atoms with Crippen LogP contribution in [0.4, 0.5) is 0 Å². The fraction of sp³-hybridized carbons (Fsp3) is 1.00. The summed E-state index contributed by atoms with van der Waals surface area (Å²) in [5, 5.41) is 0. The van der Waals surface area contributed by atoms with Crippen LogP contribution in [0.2, 0.25) is 0 Å². The summed E-state index contributed by atoms with van der Waals surface area (Å²) in [5.41, 5.74) is -0.0347. The molecule has 1 saturated heterocycles. The van der Waals surface area contributed by atoms with Crippen LogP contribution in [-0.4, -0.2) is 42.1 Å². The highest BCUT2D eigenvalue weighted by molar-refractivity contribution is 6.18. The van der Waals surface area contributed by atoms with E-state index in [2.05, 4.69) is 25.7 Å². The fourth-order valence-electron chi connectivity index (χ4n) is 1.98. The topological polar surface area (TPSA) is 12.5 Å².